The summed E-state index contributed by atoms with van der Waals surface area (Å²) in [4.78, 5) is 0. The summed E-state index contributed by atoms with van der Waals surface area (Å²) in [5.74, 6) is 0. The van der Waals surface area contributed by atoms with E-state index in [4.69, 9.17) is 22.9 Å². The molecule has 0 aliphatic carbocycles. The number of benzene rings is 4. The number of anilines is 4. The van der Waals surface area contributed by atoms with E-state index in [1.165, 1.54) is 0 Å². The van der Waals surface area contributed by atoms with Crippen LogP contribution < -0.4 is 22.9 Å². The van der Waals surface area contributed by atoms with Gasteiger partial charge in [0.1, 0.15) is 0 Å². The Morgan fingerprint density at radius 1 is 0.469 bits per heavy atom. The molecule has 0 heterocycles. The molecular weight excluding hydrogens is 396 g/mol. The van der Waals surface area contributed by atoms with Crippen molar-refractivity contribution in [3.63, 3.8) is 0 Å². The molecule has 0 fully saturated rings. The molecule has 0 spiro atoms. The molecule has 0 saturated carbocycles. The van der Waals surface area contributed by atoms with Crippen molar-refractivity contribution >= 4 is 46.3 Å². The first-order chi connectivity index (χ1) is 15.5. The number of nitrogens with two attached hydrogens (primary N) is 4. The number of nitrogens with zero attached hydrogens (tertiary/aromatic N) is 2. The summed E-state index contributed by atoms with van der Waals surface area (Å²) < 4.78 is 0. The molecule has 4 rings (SSSR count). The molecule has 0 radical (unpaired) electrons. The smallest absolute Gasteiger partial charge is 0.0864 e. The Hall–Kier alpha value is -4.58. The van der Waals surface area contributed by atoms with E-state index in [0.29, 0.717) is 28.4 Å². The molecule has 32 heavy (non-hydrogen) atoms. The van der Waals surface area contributed by atoms with Crippen LogP contribution in [0.1, 0.15) is 11.1 Å². The van der Waals surface area contributed by atoms with E-state index in [0.717, 1.165) is 27.9 Å². The van der Waals surface area contributed by atoms with E-state index < -0.39 is 0 Å². The summed E-state index contributed by atoms with van der Waals surface area (Å²) in [6.45, 7) is 0. The lowest BCUT2D eigenvalue weighted by Gasteiger charge is -2.11. The Morgan fingerprint density at radius 3 is 1.62 bits per heavy atom. The zero-order valence-corrected chi connectivity index (χ0v) is 17.4. The van der Waals surface area contributed by atoms with Gasteiger partial charge in [-0.25, -0.2) is 0 Å². The van der Waals surface area contributed by atoms with Crippen LogP contribution in [0.3, 0.4) is 0 Å². The van der Waals surface area contributed by atoms with Gasteiger partial charge in [0, 0.05) is 33.9 Å². The monoisotopic (exact) mass is 420 g/mol. The minimum Gasteiger partial charge on any atom is -0.399 e. The molecule has 0 unspecified atom stereocenters. The first kappa shape index (κ1) is 20.7. The summed E-state index contributed by atoms with van der Waals surface area (Å²) in [6.07, 6.45) is 4.05. The van der Waals surface area contributed by atoms with E-state index in [9.17, 15) is 0 Å². The zero-order chi connectivity index (χ0) is 22.5. The van der Waals surface area contributed by atoms with Gasteiger partial charge in [0.25, 0.3) is 0 Å². The number of azo groups is 1. The second-order valence-corrected chi connectivity index (χ2v) is 7.41. The van der Waals surface area contributed by atoms with Crippen LogP contribution in [0.4, 0.5) is 34.1 Å². The van der Waals surface area contributed by atoms with Gasteiger partial charge >= 0.3 is 0 Å². The SMILES string of the molecule is Nc1ccc(/C=C\c2ccc(N)c(-c3cc(N=Nc4ccc(N)cc4)ccc3N)c2)cc1. The molecule has 0 amide bonds. The highest BCUT2D eigenvalue weighted by Crippen LogP contribution is 2.35. The van der Waals surface area contributed by atoms with Crippen molar-refractivity contribution in [2.75, 3.05) is 22.9 Å². The largest absolute Gasteiger partial charge is 0.399 e. The maximum atomic E-state index is 6.28. The first-order valence-corrected chi connectivity index (χ1v) is 10.1. The van der Waals surface area contributed by atoms with Gasteiger partial charge in [-0.2, -0.15) is 10.2 Å². The number of hydrogen-bond donors (Lipinski definition) is 4. The van der Waals surface area contributed by atoms with Gasteiger partial charge < -0.3 is 22.9 Å². The Morgan fingerprint density at radius 2 is 0.938 bits per heavy atom. The van der Waals surface area contributed by atoms with Crippen molar-refractivity contribution in [1.29, 1.82) is 0 Å². The number of rotatable bonds is 5. The van der Waals surface area contributed by atoms with Crippen LogP contribution >= 0.6 is 0 Å². The topological polar surface area (TPSA) is 129 Å². The fourth-order valence-corrected chi connectivity index (χ4v) is 3.21. The third-order valence-corrected chi connectivity index (χ3v) is 4.98. The van der Waals surface area contributed by atoms with Crippen molar-refractivity contribution in [3.8, 4) is 11.1 Å². The average molecular weight is 421 g/mol. The minimum absolute atomic E-state index is 0.614. The Labute approximate surface area is 186 Å². The summed E-state index contributed by atoms with van der Waals surface area (Å²) in [6, 6.07) is 26.2. The molecule has 4 aromatic rings. The lowest BCUT2D eigenvalue weighted by Crippen LogP contribution is -1.95. The molecule has 158 valence electrons. The molecule has 0 saturated heterocycles. The Kier molecular flexibility index (Phi) is 5.85. The van der Waals surface area contributed by atoms with Crippen LogP contribution in [-0.4, -0.2) is 0 Å². The molecule has 0 aliphatic heterocycles. The molecule has 0 aliphatic rings. The first-order valence-electron chi connectivity index (χ1n) is 10.1. The van der Waals surface area contributed by atoms with Crippen LogP contribution in [0.15, 0.2) is 95.2 Å². The molecule has 6 nitrogen and oxygen atoms in total. The molecular formula is C26H24N6. The van der Waals surface area contributed by atoms with Crippen molar-refractivity contribution in [3.05, 3.63) is 96.1 Å². The summed E-state index contributed by atoms with van der Waals surface area (Å²) in [5.41, 5.74) is 31.8. The molecule has 0 atom stereocenters. The van der Waals surface area contributed by atoms with Crippen molar-refractivity contribution in [1.82, 2.24) is 0 Å². The summed E-state index contributed by atoms with van der Waals surface area (Å²) in [5, 5.41) is 8.60. The van der Waals surface area contributed by atoms with Crippen molar-refractivity contribution in [2.45, 2.75) is 0 Å². The van der Waals surface area contributed by atoms with Gasteiger partial charge in [-0.1, -0.05) is 30.4 Å². The average Bonchev–Trinajstić information content (AvgIpc) is 2.80. The normalized spacial score (nSPS) is 11.4. The lowest BCUT2D eigenvalue weighted by atomic mass is 9.98. The van der Waals surface area contributed by atoms with Gasteiger partial charge in [0.15, 0.2) is 0 Å². The predicted molar refractivity (Wildman–Crippen MR) is 136 cm³/mol. The van der Waals surface area contributed by atoms with Crippen LogP contribution in [0.2, 0.25) is 0 Å². The summed E-state index contributed by atoms with van der Waals surface area (Å²) >= 11 is 0. The second-order valence-electron chi connectivity index (χ2n) is 7.41. The van der Waals surface area contributed by atoms with Crippen LogP contribution in [0.5, 0.6) is 0 Å². The van der Waals surface area contributed by atoms with E-state index in [1.54, 1.807) is 12.1 Å². The van der Waals surface area contributed by atoms with E-state index in [2.05, 4.69) is 10.2 Å². The van der Waals surface area contributed by atoms with Crippen molar-refractivity contribution < 1.29 is 0 Å². The standard InChI is InChI=1S/C26H24N6/c27-19-6-3-17(4-7-19)1-2-18-5-13-25(29)23(15-18)24-16-22(12-14-26(24)30)32-31-21-10-8-20(28)9-11-21/h1-16H,27-30H2/b2-1-,32-31?. The predicted octanol–water partition coefficient (Wildman–Crippen LogP) is 6.27. The van der Waals surface area contributed by atoms with Gasteiger partial charge in [0.2, 0.25) is 0 Å². The summed E-state index contributed by atoms with van der Waals surface area (Å²) in [7, 11) is 0. The maximum Gasteiger partial charge on any atom is 0.0864 e. The van der Waals surface area contributed by atoms with E-state index >= 15 is 0 Å². The Bertz CT molecular complexity index is 1190. The third-order valence-electron chi connectivity index (χ3n) is 4.98. The molecule has 4 aromatic carbocycles. The van der Waals surface area contributed by atoms with E-state index in [1.807, 2.05) is 84.9 Å². The van der Waals surface area contributed by atoms with Crippen LogP contribution in [0, 0.1) is 0 Å². The number of nitrogen functional groups attached to an aromatic ring is 4. The highest BCUT2D eigenvalue weighted by molar-refractivity contribution is 5.88. The Balaban J connectivity index is 1.63. The van der Waals surface area contributed by atoms with Gasteiger partial charge in [0.05, 0.1) is 11.4 Å². The van der Waals surface area contributed by atoms with E-state index in [-0.39, 0.29) is 0 Å². The quantitative estimate of drug-likeness (QED) is 0.172. The van der Waals surface area contributed by atoms with Gasteiger partial charge in [-0.3, -0.25) is 0 Å². The molecule has 0 bridgehead atoms. The van der Waals surface area contributed by atoms with Crippen LogP contribution in [-0.2, 0) is 0 Å². The van der Waals surface area contributed by atoms with Crippen LogP contribution in [0.25, 0.3) is 23.3 Å². The van der Waals surface area contributed by atoms with Crippen molar-refractivity contribution in [2.24, 2.45) is 10.2 Å². The fraction of sp³-hybridized carbons (Fsp3) is 0. The molecule has 8 N–H and O–H groups in total. The molecule has 0 aromatic heterocycles. The van der Waals surface area contributed by atoms with Gasteiger partial charge in [-0.15, -0.1) is 0 Å². The maximum absolute atomic E-state index is 6.28. The fourth-order valence-electron chi connectivity index (χ4n) is 3.21. The third kappa shape index (κ3) is 4.94. The van der Waals surface area contributed by atoms with Gasteiger partial charge in [-0.05, 0) is 77.9 Å². The highest BCUT2D eigenvalue weighted by Gasteiger charge is 2.09. The molecule has 6 heteroatoms. The lowest BCUT2D eigenvalue weighted by molar-refractivity contribution is 1.23. The minimum atomic E-state index is 0.614. The highest BCUT2D eigenvalue weighted by atomic mass is 15.1. The number of hydrogen-bond acceptors (Lipinski definition) is 6. The second kappa shape index (κ2) is 9.06. The zero-order valence-electron chi connectivity index (χ0n) is 17.4.